The molecule has 4 heteroatoms. The number of hydrogen-bond acceptors (Lipinski definition) is 2. The van der Waals surface area contributed by atoms with Crippen LogP contribution in [-0.2, 0) is 22.6 Å². The van der Waals surface area contributed by atoms with Gasteiger partial charge in [0.05, 0.1) is 6.42 Å². The van der Waals surface area contributed by atoms with Gasteiger partial charge in [-0.3, -0.25) is 9.59 Å². The molecule has 1 fully saturated rings. The number of amides is 2. The molecule has 4 nitrogen and oxygen atoms in total. The zero-order valence-electron chi connectivity index (χ0n) is 18.5. The third-order valence-electron chi connectivity index (χ3n) is 6.32. The van der Waals surface area contributed by atoms with E-state index in [0.717, 1.165) is 35.1 Å². The Morgan fingerprint density at radius 3 is 2.10 bits per heavy atom. The van der Waals surface area contributed by atoms with Crippen LogP contribution < -0.4 is 5.32 Å². The fraction of sp³-hybridized carbons (Fsp3) is 0.462. The number of hydrogen-bond donors (Lipinski definition) is 1. The van der Waals surface area contributed by atoms with Gasteiger partial charge in [-0.2, -0.15) is 0 Å². The van der Waals surface area contributed by atoms with Gasteiger partial charge in [0.25, 0.3) is 0 Å². The first-order chi connectivity index (χ1) is 14.5. The minimum Gasteiger partial charge on any atom is -0.352 e. The van der Waals surface area contributed by atoms with Crippen molar-refractivity contribution in [1.82, 2.24) is 10.2 Å². The zero-order valence-corrected chi connectivity index (χ0v) is 18.5. The molecule has 0 aromatic heterocycles. The van der Waals surface area contributed by atoms with E-state index in [1.165, 1.54) is 19.3 Å². The average Bonchev–Trinajstić information content (AvgIpc) is 2.75. The number of carbonyl (C=O) groups is 2. The molecular weight excluding hydrogens is 372 g/mol. The minimum absolute atomic E-state index is 0.0150. The summed E-state index contributed by atoms with van der Waals surface area (Å²) in [6.07, 6.45) is 5.95. The molecule has 2 amide bonds. The Bertz CT molecular complexity index is 871. The van der Waals surface area contributed by atoms with E-state index in [2.05, 4.69) is 5.32 Å². The summed E-state index contributed by atoms with van der Waals surface area (Å²) in [7, 11) is 0. The molecule has 0 unspecified atom stereocenters. The maximum atomic E-state index is 13.4. The number of benzene rings is 2. The highest BCUT2D eigenvalue weighted by Gasteiger charge is 2.28. The monoisotopic (exact) mass is 406 g/mol. The summed E-state index contributed by atoms with van der Waals surface area (Å²) in [6, 6.07) is 15.7. The van der Waals surface area contributed by atoms with Crippen molar-refractivity contribution in [2.45, 2.75) is 77.9 Å². The molecule has 0 heterocycles. The molecule has 0 saturated heterocycles. The molecule has 160 valence electrons. The highest BCUT2D eigenvalue weighted by molar-refractivity contribution is 5.88. The molecule has 2 aromatic carbocycles. The van der Waals surface area contributed by atoms with Gasteiger partial charge in [-0.25, -0.2) is 0 Å². The smallest absolute Gasteiger partial charge is 0.242 e. The molecule has 30 heavy (non-hydrogen) atoms. The SMILES string of the molecule is Cc1ccccc1CC(=O)N(Cc1ccccc1C)[C@@H](C)C(=O)NC1CCCCC1. The maximum Gasteiger partial charge on any atom is 0.242 e. The van der Waals surface area contributed by atoms with Crippen LogP contribution in [0.3, 0.4) is 0 Å². The predicted octanol–water partition coefficient (Wildman–Crippen LogP) is 4.71. The van der Waals surface area contributed by atoms with Gasteiger partial charge in [0.1, 0.15) is 6.04 Å². The number of aryl methyl sites for hydroxylation is 2. The van der Waals surface area contributed by atoms with Gasteiger partial charge in [0, 0.05) is 12.6 Å². The molecule has 1 aliphatic rings. The van der Waals surface area contributed by atoms with Gasteiger partial charge in [0.2, 0.25) is 11.8 Å². The van der Waals surface area contributed by atoms with Crippen LogP contribution in [0.25, 0.3) is 0 Å². The largest absolute Gasteiger partial charge is 0.352 e. The molecule has 0 bridgehead atoms. The van der Waals surface area contributed by atoms with Crippen molar-refractivity contribution in [3.05, 3.63) is 70.8 Å². The van der Waals surface area contributed by atoms with E-state index >= 15 is 0 Å². The second-order valence-electron chi connectivity index (χ2n) is 8.57. The lowest BCUT2D eigenvalue weighted by Crippen LogP contribution is -2.50. The van der Waals surface area contributed by atoms with Crippen LogP contribution in [0.15, 0.2) is 48.5 Å². The van der Waals surface area contributed by atoms with Crippen molar-refractivity contribution >= 4 is 11.8 Å². The molecule has 1 saturated carbocycles. The van der Waals surface area contributed by atoms with Crippen molar-refractivity contribution < 1.29 is 9.59 Å². The number of nitrogens with one attached hydrogen (secondary N) is 1. The summed E-state index contributed by atoms with van der Waals surface area (Å²) in [6.45, 7) is 6.36. The topological polar surface area (TPSA) is 49.4 Å². The van der Waals surface area contributed by atoms with Gasteiger partial charge in [0.15, 0.2) is 0 Å². The number of rotatable bonds is 7. The first-order valence-electron chi connectivity index (χ1n) is 11.1. The average molecular weight is 407 g/mol. The van der Waals surface area contributed by atoms with Crippen molar-refractivity contribution in [1.29, 1.82) is 0 Å². The summed E-state index contributed by atoms with van der Waals surface area (Å²) in [5.41, 5.74) is 4.32. The van der Waals surface area contributed by atoms with E-state index < -0.39 is 6.04 Å². The number of carbonyl (C=O) groups excluding carboxylic acids is 2. The van der Waals surface area contributed by atoms with Gasteiger partial charge in [-0.15, -0.1) is 0 Å². The van der Waals surface area contributed by atoms with Crippen molar-refractivity contribution in [3.63, 3.8) is 0 Å². The first-order valence-corrected chi connectivity index (χ1v) is 11.1. The van der Waals surface area contributed by atoms with Crippen LogP contribution in [0.4, 0.5) is 0 Å². The summed E-state index contributed by atoms with van der Waals surface area (Å²) in [5, 5.41) is 3.20. The molecule has 3 rings (SSSR count). The first kappa shape index (κ1) is 22.1. The van der Waals surface area contributed by atoms with Crippen LogP contribution in [0, 0.1) is 13.8 Å². The maximum absolute atomic E-state index is 13.4. The highest BCUT2D eigenvalue weighted by Crippen LogP contribution is 2.19. The second-order valence-corrected chi connectivity index (χ2v) is 8.57. The van der Waals surface area contributed by atoms with Crippen LogP contribution in [0.1, 0.15) is 61.3 Å². The zero-order chi connectivity index (χ0) is 21.5. The fourth-order valence-corrected chi connectivity index (χ4v) is 4.20. The van der Waals surface area contributed by atoms with E-state index in [0.29, 0.717) is 13.0 Å². The summed E-state index contributed by atoms with van der Waals surface area (Å²) >= 11 is 0. The van der Waals surface area contributed by atoms with E-state index in [1.54, 1.807) is 4.90 Å². The molecule has 0 spiro atoms. The Kier molecular flexibility index (Phi) is 7.67. The molecular formula is C26H34N2O2. The van der Waals surface area contributed by atoms with Crippen molar-refractivity contribution in [3.8, 4) is 0 Å². The Morgan fingerprint density at radius 2 is 1.50 bits per heavy atom. The minimum atomic E-state index is -0.511. The Morgan fingerprint density at radius 1 is 0.933 bits per heavy atom. The fourth-order valence-electron chi connectivity index (χ4n) is 4.20. The molecule has 0 aliphatic heterocycles. The standard InChI is InChI=1S/C26H34N2O2/c1-19-11-7-9-13-22(19)17-25(29)28(18-23-14-10-8-12-20(23)2)21(3)26(30)27-24-15-5-4-6-16-24/h7-14,21,24H,4-6,15-18H2,1-3H3,(H,27,30)/t21-/m0/s1. The Balaban J connectivity index is 1.78. The van der Waals surface area contributed by atoms with E-state index in [9.17, 15) is 9.59 Å². The third kappa shape index (κ3) is 5.71. The van der Waals surface area contributed by atoms with Gasteiger partial charge in [-0.1, -0.05) is 67.8 Å². The van der Waals surface area contributed by atoms with Gasteiger partial charge >= 0.3 is 0 Å². The Hall–Kier alpha value is -2.62. The van der Waals surface area contributed by atoms with Crippen LogP contribution >= 0.6 is 0 Å². The number of nitrogens with zero attached hydrogens (tertiary/aromatic N) is 1. The van der Waals surface area contributed by atoms with Crippen molar-refractivity contribution in [2.24, 2.45) is 0 Å². The van der Waals surface area contributed by atoms with E-state index in [4.69, 9.17) is 0 Å². The van der Waals surface area contributed by atoms with Gasteiger partial charge < -0.3 is 10.2 Å². The van der Waals surface area contributed by atoms with Crippen LogP contribution in [0.2, 0.25) is 0 Å². The molecule has 1 atom stereocenters. The molecule has 1 N–H and O–H groups in total. The summed E-state index contributed by atoms with van der Waals surface area (Å²) in [4.78, 5) is 28.2. The second kappa shape index (κ2) is 10.4. The van der Waals surface area contributed by atoms with Crippen LogP contribution in [-0.4, -0.2) is 28.8 Å². The lowest BCUT2D eigenvalue weighted by molar-refractivity contribution is -0.140. The molecule has 0 radical (unpaired) electrons. The molecule has 1 aliphatic carbocycles. The normalized spacial score (nSPS) is 15.4. The summed E-state index contributed by atoms with van der Waals surface area (Å²) in [5.74, 6) is -0.0625. The lowest BCUT2D eigenvalue weighted by Gasteiger charge is -2.31. The predicted molar refractivity (Wildman–Crippen MR) is 121 cm³/mol. The molecule has 2 aromatic rings. The highest BCUT2D eigenvalue weighted by atomic mass is 16.2. The quantitative estimate of drug-likeness (QED) is 0.724. The van der Waals surface area contributed by atoms with E-state index in [1.807, 2.05) is 69.3 Å². The van der Waals surface area contributed by atoms with Crippen LogP contribution in [0.5, 0.6) is 0 Å². The van der Waals surface area contributed by atoms with Crippen molar-refractivity contribution in [2.75, 3.05) is 0 Å². The van der Waals surface area contributed by atoms with Gasteiger partial charge in [-0.05, 0) is 55.9 Å². The third-order valence-corrected chi connectivity index (χ3v) is 6.32. The summed E-state index contributed by atoms with van der Waals surface area (Å²) < 4.78 is 0. The van der Waals surface area contributed by atoms with E-state index in [-0.39, 0.29) is 17.9 Å². The lowest BCUT2D eigenvalue weighted by atomic mass is 9.95. The Labute approximate surface area is 180 Å².